The van der Waals surface area contributed by atoms with E-state index < -0.39 is 11.9 Å². The molecule has 2 rings (SSSR count). The Morgan fingerprint density at radius 2 is 2.24 bits per heavy atom. The second kappa shape index (κ2) is 6.28. The first-order chi connectivity index (χ1) is 10.1. The summed E-state index contributed by atoms with van der Waals surface area (Å²) in [5.74, 6) is -1.06. The molecule has 0 saturated heterocycles. The highest BCUT2D eigenvalue weighted by atomic mass is 32.1. The third-order valence-electron chi connectivity index (χ3n) is 2.73. The second-order valence-corrected chi connectivity index (χ2v) is 5.04. The molecule has 0 fully saturated rings. The van der Waals surface area contributed by atoms with Crippen molar-refractivity contribution in [3.63, 3.8) is 0 Å². The molecule has 1 N–H and O–H groups in total. The number of carbonyl (C=O) groups is 2. The first kappa shape index (κ1) is 14.9. The van der Waals surface area contributed by atoms with Crippen molar-refractivity contribution >= 4 is 28.2 Å². The standard InChI is InChI=1S/C13H12N2O5S/c1-7-8(5-14)12(21-10(7)13(17)18-2)15-11(16)9-6-19-3-4-20-9/h6H,3-4H2,1-2H3,(H,15,16). The van der Waals surface area contributed by atoms with E-state index in [1.807, 2.05) is 6.07 Å². The van der Waals surface area contributed by atoms with Crippen molar-refractivity contribution < 1.29 is 23.8 Å². The minimum atomic E-state index is -0.550. The van der Waals surface area contributed by atoms with Gasteiger partial charge in [0.1, 0.15) is 35.4 Å². The van der Waals surface area contributed by atoms with Crippen LogP contribution in [0.25, 0.3) is 0 Å². The zero-order valence-corrected chi connectivity index (χ0v) is 12.2. The van der Waals surface area contributed by atoms with Gasteiger partial charge in [0.25, 0.3) is 5.91 Å². The maximum absolute atomic E-state index is 12.0. The molecule has 0 bridgehead atoms. The lowest BCUT2D eigenvalue weighted by Crippen LogP contribution is -2.21. The number of ether oxygens (including phenoxy) is 3. The van der Waals surface area contributed by atoms with Gasteiger partial charge in [0.15, 0.2) is 0 Å². The topological polar surface area (TPSA) is 97.7 Å². The van der Waals surface area contributed by atoms with E-state index in [1.165, 1.54) is 13.4 Å². The molecule has 1 aromatic heterocycles. The molecule has 0 atom stereocenters. The number of methoxy groups -OCH3 is 1. The first-order valence-corrected chi connectivity index (χ1v) is 6.77. The summed E-state index contributed by atoms with van der Waals surface area (Å²) < 4.78 is 14.8. The summed E-state index contributed by atoms with van der Waals surface area (Å²) in [6, 6.07) is 1.97. The van der Waals surface area contributed by atoms with E-state index in [-0.39, 0.29) is 27.8 Å². The minimum Gasteiger partial charge on any atom is -0.494 e. The van der Waals surface area contributed by atoms with Gasteiger partial charge in [-0.15, -0.1) is 11.3 Å². The molecule has 1 aliphatic heterocycles. The smallest absolute Gasteiger partial charge is 0.348 e. The van der Waals surface area contributed by atoms with E-state index in [0.29, 0.717) is 12.2 Å². The zero-order valence-electron chi connectivity index (χ0n) is 11.4. The maximum Gasteiger partial charge on any atom is 0.348 e. The predicted octanol–water partition coefficient (Wildman–Crippen LogP) is 1.54. The van der Waals surface area contributed by atoms with Gasteiger partial charge in [-0.25, -0.2) is 4.79 Å². The molecule has 2 heterocycles. The lowest BCUT2D eigenvalue weighted by molar-refractivity contribution is -0.117. The van der Waals surface area contributed by atoms with Crippen LogP contribution in [0.4, 0.5) is 5.00 Å². The van der Waals surface area contributed by atoms with Gasteiger partial charge in [-0.1, -0.05) is 0 Å². The lowest BCUT2D eigenvalue weighted by Gasteiger charge is -2.14. The fourth-order valence-electron chi connectivity index (χ4n) is 1.68. The molecule has 0 aliphatic carbocycles. The van der Waals surface area contributed by atoms with E-state index in [0.717, 1.165) is 11.3 Å². The lowest BCUT2D eigenvalue weighted by atomic mass is 10.2. The van der Waals surface area contributed by atoms with Crippen molar-refractivity contribution in [2.75, 3.05) is 25.6 Å². The fraction of sp³-hybridized carbons (Fsp3) is 0.308. The molecule has 110 valence electrons. The highest BCUT2D eigenvalue weighted by molar-refractivity contribution is 7.18. The second-order valence-electron chi connectivity index (χ2n) is 4.02. The summed E-state index contributed by atoms with van der Waals surface area (Å²) >= 11 is 0.983. The average Bonchev–Trinajstić information content (AvgIpc) is 2.83. The Balaban J connectivity index is 2.28. The van der Waals surface area contributed by atoms with E-state index >= 15 is 0 Å². The quantitative estimate of drug-likeness (QED) is 0.851. The highest BCUT2D eigenvalue weighted by Crippen LogP contribution is 2.33. The molecule has 8 heteroatoms. The molecule has 0 saturated carbocycles. The van der Waals surface area contributed by atoms with Crippen LogP contribution in [-0.2, 0) is 19.0 Å². The fourth-order valence-corrected chi connectivity index (χ4v) is 2.75. The summed E-state index contributed by atoms with van der Waals surface area (Å²) in [5.41, 5.74) is 0.700. The van der Waals surface area contributed by atoms with Crippen molar-refractivity contribution in [3.05, 3.63) is 28.0 Å². The molecule has 1 amide bonds. The zero-order chi connectivity index (χ0) is 15.4. The summed E-state index contributed by atoms with van der Waals surface area (Å²) in [6.07, 6.45) is 1.21. The maximum atomic E-state index is 12.0. The van der Waals surface area contributed by atoms with E-state index in [9.17, 15) is 14.9 Å². The molecule has 7 nitrogen and oxygen atoms in total. The summed E-state index contributed by atoms with van der Waals surface area (Å²) in [6.45, 7) is 2.28. The molecule has 0 radical (unpaired) electrons. The Morgan fingerprint density at radius 1 is 1.48 bits per heavy atom. The van der Waals surface area contributed by atoms with E-state index in [4.69, 9.17) is 9.47 Å². The van der Waals surface area contributed by atoms with Gasteiger partial charge < -0.3 is 19.5 Å². The molecule has 0 spiro atoms. The largest absolute Gasteiger partial charge is 0.494 e. The van der Waals surface area contributed by atoms with E-state index in [2.05, 4.69) is 10.1 Å². The van der Waals surface area contributed by atoms with Crippen LogP contribution in [0.5, 0.6) is 0 Å². The number of anilines is 1. The van der Waals surface area contributed by atoms with Gasteiger partial charge >= 0.3 is 5.97 Å². The Kier molecular flexibility index (Phi) is 4.45. The van der Waals surface area contributed by atoms with Crippen molar-refractivity contribution in [1.82, 2.24) is 0 Å². The van der Waals surface area contributed by atoms with Crippen LogP contribution >= 0.6 is 11.3 Å². The SMILES string of the molecule is COC(=O)c1sc(NC(=O)C2=COCCO2)c(C#N)c1C. The van der Waals surface area contributed by atoms with Crippen LogP contribution in [0.3, 0.4) is 0 Å². The Labute approximate surface area is 124 Å². The van der Waals surface area contributed by atoms with Gasteiger partial charge in [-0.05, 0) is 12.5 Å². The number of nitriles is 1. The van der Waals surface area contributed by atoms with Crippen LogP contribution < -0.4 is 5.32 Å². The Hall–Kier alpha value is -2.53. The van der Waals surface area contributed by atoms with Gasteiger partial charge in [-0.3, -0.25) is 4.79 Å². The average molecular weight is 308 g/mol. The number of carbonyl (C=O) groups excluding carboxylic acids is 2. The number of nitrogens with zero attached hydrogens (tertiary/aromatic N) is 1. The number of nitrogens with one attached hydrogen (secondary N) is 1. The molecular formula is C13H12N2O5S. The van der Waals surface area contributed by atoms with Gasteiger partial charge in [0.05, 0.1) is 12.7 Å². The highest BCUT2D eigenvalue weighted by Gasteiger charge is 2.23. The minimum absolute atomic E-state index is 0.0239. The molecule has 1 aromatic rings. The predicted molar refractivity (Wildman–Crippen MR) is 73.7 cm³/mol. The van der Waals surface area contributed by atoms with E-state index in [1.54, 1.807) is 6.92 Å². The van der Waals surface area contributed by atoms with Crippen molar-refractivity contribution in [3.8, 4) is 6.07 Å². The van der Waals surface area contributed by atoms with Gasteiger partial charge in [0.2, 0.25) is 5.76 Å². The van der Waals surface area contributed by atoms with Crippen LogP contribution in [0.2, 0.25) is 0 Å². The van der Waals surface area contributed by atoms with Crippen LogP contribution in [0.1, 0.15) is 20.8 Å². The van der Waals surface area contributed by atoms with Crippen LogP contribution in [-0.4, -0.2) is 32.2 Å². The normalized spacial score (nSPS) is 13.3. The molecule has 1 aliphatic rings. The van der Waals surface area contributed by atoms with Crippen LogP contribution in [0, 0.1) is 18.3 Å². The van der Waals surface area contributed by atoms with Crippen LogP contribution in [0.15, 0.2) is 12.0 Å². The number of rotatable bonds is 3. The molecule has 0 unspecified atom stereocenters. The number of hydrogen-bond acceptors (Lipinski definition) is 7. The number of esters is 1. The Morgan fingerprint density at radius 3 is 2.81 bits per heavy atom. The monoisotopic (exact) mass is 308 g/mol. The number of thiophene rings is 1. The van der Waals surface area contributed by atoms with Crippen molar-refractivity contribution in [2.24, 2.45) is 0 Å². The number of amides is 1. The van der Waals surface area contributed by atoms with Gasteiger partial charge in [0, 0.05) is 0 Å². The third kappa shape index (κ3) is 2.98. The van der Waals surface area contributed by atoms with Crippen molar-refractivity contribution in [1.29, 1.82) is 5.26 Å². The summed E-state index contributed by atoms with van der Waals surface area (Å²) in [7, 11) is 1.25. The van der Waals surface area contributed by atoms with Gasteiger partial charge in [-0.2, -0.15) is 5.26 Å². The van der Waals surface area contributed by atoms with Crippen molar-refractivity contribution in [2.45, 2.75) is 6.92 Å². The molecular weight excluding hydrogens is 296 g/mol. The molecule has 0 aromatic carbocycles. The third-order valence-corrected chi connectivity index (χ3v) is 3.92. The number of hydrogen-bond donors (Lipinski definition) is 1. The summed E-state index contributed by atoms with van der Waals surface area (Å²) in [5, 5.41) is 12.0. The molecule has 21 heavy (non-hydrogen) atoms. The first-order valence-electron chi connectivity index (χ1n) is 5.96. The summed E-state index contributed by atoms with van der Waals surface area (Å²) in [4.78, 5) is 23.9. The Bertz CT molecular complexity index is 656.